The van der Waals surface area contributed by atoms with Crippen LogP contribution in [0, 0.1) is 0 Å². The van der Waals surface area contributed by atoms with E-state index in [1.54, 1.807) is 0 Å². The lowest BCUT2D eigenvalue weighted by Crippen LogP contribution is -2.21. The Hall–Kier alpha value is -0.130. The molecule has 4 nitrogen and oxygen atoms in total. The predicted molar refractivity (Wildman–Crippen MR) is 102 cm³/mol. The third-order valence-electron chi connectivity index (χ3n) is 4.29. The zero-order chi connectivity index (χ0) is 18.3. The molecule has 0 aromatic carbocycles. The summed E-state index contributed by atoms with van der Waals surface area (Å²) < 4.78 is 36.4. The zero-order valence-electron chi connectivity index (χ0n) is 16.1. The Kier molecular flexibility index (Phi) is 15.1. The van der Waals surface area contributed by atoms with Crippen molar-refractivity contribution in [3.63, 3.8) is 0 Å². The van der Waals surface area contributed by atoms with Crippen molar-refractivity contribution in [2.75, 3.05) is 5.75 Å². The van der Waals surface area contributed by atoms with Crippen LogP contribution in [0.1, 0.15) is 104 Å². The van der Waals surface area contributed by atoms with Gasteiger partial charge in [-0.05, 0) is 26.7 Å². The maximum absolute atomic E-state index is 10.9. The summed E-state index contributed by atoms with van der Waals surface area (Å²) in [5, 5.41) is 0. The molecule has 0 spiro atoms. The minimum Gasteiger partial charge on any atom is -0.376 e. The number of hydrogen-bond acceptors (Lipinski definition) is 3. The van der Waals surface area contributed by atoms with Crippen molar-refractivity contribution in [1.82, 2.24) is 0 Å². The van der Waals surface area contributed by atoms with E-state index in [-0.39, 0.29) is 18.0 Å². The monoisotopic (exact) mass is 364 g/mol. The third kappa shape index (κ3) is 18.2. The summed E-state index contributed by atoms with van der Waals surface area (Å²) in [6, 6.07) is 0. The summed E-state index contributed by atoms with van der Waals surface area (Å²) in [4.78, 5) is 0. The van der Waals surface area contributed by atoms with E-state index in [4.69, 9.17) is 9.29 Å². The molecule has 0 amide bonds. The van der Waals surface area contributed by atoms with Crippen molar-refractivity contribution >= 4 is 10.1 Å². The Morgan fingerprint density at radius 2 is 1.25 bits per heavy atom. The molecule has 0 heterocycles. The van der Waals surface area contributed by atoms with Gasteiger partial charge in [0.05, 0.1) is 18.0 Å². The minimum atomic E-state index is -3.89. The largest absolute Gasteiger partial charge is 0.376 e. The van der Waals surface area contributed by atoms with Crippen molar-refractivity contribution in [1.29, 1.82) is 0 Å². The molecule has 0 saturated carbocycles. The van der Waals surface area contributed by atoms with Gasteiger partial charge in [-0.2, -0.15) is 8.42 Å². The fourth-order valence-corrected chi connectivity index (χ4v) is 3.54. The molecule has 0 aliphatic carbocycles. The first-order chi connectivity index (χ1) is 11.3. The van der Waals surface area contributed by atoms with Gasteiger partial charge in [-0.1, -0.05) is 77.6 Å². The Morgan fingerprint density at radius 3 is 1.67 bits per heavy atom. The van der Waals surface area contributed by atoms with Gasteiger partial charge in [-0.15, -0.1) is 0 Å². The van der Waals surface area contributed by atoms with Gasteiger partial charge >= 0.3 is 0 Å². The van der Waals surface area contributed by atoms with Gasteiger partial charge < -0.3 is 4.74 Å². The van der Waals surface area contributed by atoms with Crippen molar-refractivity contribution in [2.45, 2.75) is 116 Å². The molecule has 5 heteroatoms. The van der Waals surface area contributed by atoms with Crippen molar-refractivity contribution < 1.29 is 17.7 Å². The SMILES string of the molecule is CCCCCCCCCCCCCC(CCS(=O)(=O)O)OC(C)C. The van der Waals surface area contributed by atoms with Crippen LogP contribution in [0.4, 0.5) is 0 Å². The Morgan fingerprint density at radius 1 is 0.792 bits per heavy atom. The number of unbranched alkanes of at least 4 members (excludes halogenated alkanes) is 10. The highest BCUT2D eigenvalue weighted by Crippen LogP contribution is 2.16. The van der Waals surface area contributed by atoms with E-state index < -0.39 is 10.1 Å². The van der Waals surface area contributed by atoms with Gasteiger partial charge in [0.1, 0.15) is 0 Å². The van der Waals surface area contributed by atoms with Crippen LogP contribution < -0.4 is 0 Å². The second-order valence-corrected chi connectivity index (χ2v) is 8.78. The highest BCUT2D eigenvalue weighted by molar-refractivity contribution is 7.85. The quantitative estimate of drug-likeness (QED) is 0.263. The first-order valence-electron chi connectivity index (χ1n) is 9.95. The van der Waals surface area contributed by atoms with E-state index in [9.17, 15) is 8.42 Å². The summed E-state index contributed by atoms with van der Waals surface area (Å²) >= 11 is 0. The van der Waals surface area contributed by atoms with Gasteiger partial charge in [0.2, 0.25) is 0 Å². The van der Waals surface area contributed by atoms with E-state index in [0.29, 0.717) is 6.42 Å². The van der Waals surface area contributed by atoms with E-state index >= 15 is 0 Å². The second kappa shape index (κ2) is 15.2. The molecule has 0 aliphatic rings. The molecular weight excluding hydrogens is 324 g/mol. The smallest absolute Gasteiger partial charge is 0.264 e. The number of ether oxygens (including phenoxy) is 1. The molecule has 0 aliphatic heterocycles. The maximum atomic E-state index is 10.9. The summed E-state index contributed by atoms with van der Waals surface area (Å²) in [6.45, 7) is 6.17. The van der Waals surface area contributed by atoms with Crippen molar-refractivity contribution in [3.8, 4) is 0 Å². The van der Waals surface area contributed by atoms with Crippen LogP contribution in [-0.2, 0) is 14.9 Å². The van der Waals surface area contributed by atoms with Crippen LogP contribution in [-0.4, -0.2) is 30.9 Å². The molecule has 1 N–H and O–H groups in total. The molecule has 24 heavy (non-hydrogen) atoms. The fraction of sp³-hybridized carbons (Fsp3) is 1.00. The third-order valence-corrected chi connectivity index (χ3v) is 5.04. The predicted octanol–water partition coefficient (Wildman–Crippen LogP) is 5.76. The Balaban J connectivity index is 3.61. The zero-order valence-corrected chi connectivity index (χ0v) is 17.0. The van der Waals surface area contributed by atoms with Crippen molar-refractivity contribution in [2.24, 2.45) is 0 Å². The van der Waals surface area contributed by atoms with Gasteiger partial charge in [-0.3, -0.25) is 4.55 Å². The van der Waals surface area contributed by atoms with Crippen LogP contribution in [0.3, 0.4) is 0 Å². The number of hydrogen-bond donors (Lipinski definition) is 1. The van der Waals surface area contributed by atoms with Gasteiger partial charge in [0.25, 0.3) is 10.1 Å². The molecular formula is C19H40O4S. The van der Waals surface area contributed by atoms with Crippen LogP contribution in [0.5, 0.6) is 0 Å². The summed E-state index contributed by atoms with van der Waals surface area (Å²) in [5.74, 6) is -0.206. The first kappa shape index (κ1) is 23.9. The standard InChI is InChI=1S/C19H40O4S/c1-4-5-6-7-8-9-10-11-12-13-14-15-19(23-18(2)3)16-17-24(20,21)22/h18-19H,4-17H2,1-3H3,(H,20,21,22). The highest BCUT2D eigenvalue weighted by Gasteiger charge is 2.15. The lowest BCUT2D eigenvalue weighted by Gasteiger charge is -2.20. The topological polar surface area (TPSA) is 63.6 Å². The average Bonchev–Trinajstić information content (AvgIpc) is 2.48. The molecule has 0 radical (unpaired) electrons. The van der Waals surface area contributed by atoms with Gasteiger partial charge in [0, 0.05) is 0 Å². The highest BCUT2D eigenvalue weighted by atomic mass is 32.2. The van der Waals surface area contributed by atoms with Crippen LogP contribution in [0.2, 0.25) is 0 Å². The average molecular weight is 365 g/mol. The second-order valence-electron chi connectivity index (χ2n) is 7.21. The molecule has 0 rings (SSSR count). The molecule has 0 fully saturated rings. The molecule has 0 saturated heterocycles. The molecule has 1 atom stereocenters. The molecule has 0 bridgehead atoms. The normalized spacial score (nSPS) is 13.5. The van der Waals surface area contributed by atoms with Gasteiger partial charge in [0.15, 0.2) is 0 Å². The molecule has 146 valence electrons. The molecule has 0 aromatic heterocycles. The van der Waals surface area contributed by atoms with Crippen LogP contribution in [0.25, 0.3) is 0 Å². The van der Waals surface area contributed by atoms with Crippen LogP contribution >= 0.6 is 0 Å². The van der Waals surface area contributed by atoms with E-state index in [1.807, 2.05) is 13.8 Å². The van der Waals surface area contributed by atoms with E-state index in [1.165, 1.54) is 64.2 Å². The van der Waals surface area contributed by atoms with Crippen molar-refractivity contribution in [3.05, 3.63) is 0 Å². The lowest BCUT2D eigenvalue weighted by atomic mass is 10.0. The first-order valence-corrected chi connectivity index (χ1v) is 11.6. The van der Waals surface area contributed by atoms with Gasteiger partial charge in [-0.25, -0.2) is 0 Å². The van der Waals surface area contributed by atoms with E-state index in [0.717, 1.165) is 12.8 Å². The maximum Gasteiger partial charge on any atom is 0.264 e. The lowest BCUT2D eigenvalue weighted by molar-refractivity contribution is 0.000292. The fourth-order valence-electron chi connectivity index (χ4n) is 2.98. The Labute approximate surface area is 150 Å². The summed E-state index contributed by atoms with van der Waals surface area (Å²) in [5.41, 5.74) is 0. The van der Waals surface area contributed by atoms with E-state index in [2.05, 4.69) is 6.92 Å². The number of rotatable bonds is 17. The summed E-state index contributed by atoms with van der Waals surface area (Å²) in [7, 11) is -3.89. The minimum absolute atomic E-state index is 0.0644. The molecule has 0 aromatic rings. The summed E-state index contributed by atoms with van der Waals surface area (Å²) in [6.07, 6.45) is 15.6. The van der Waals surface area contributed by atoms with Crippen LogP contribution in [0.15, 0.2) is 0 Å². The molecule has 1 unspecified atom stereocenters. The Bertz CT molecular complexity index is 366.